The van der Waals surface area contributed by atoms with Crippen LogP contribution in [-0.4, -0.2) is 16.7 Å². The van der Waals surface area contributed by atoms with Gasteiger partial charge in [0.05, 0.1) is 23.2 Å². The zero-order chi connectivity index (χ0) is 18.1. The maximum atomic E-state index is 6.48. The highest BCUT2D eigenvalue weighted by atomic mass is 35.5. The van der Waals surface area contributed by atoms with Crippen LogP contribution in [0.25, 0.3) is 22.4 Å². The summed E-state index contributed by atoms with van der Waals surface area (Å²) in [6.45, 7) is 6.64. The zero-order valence-electron chi connectivity index (χ0n) is 15.6. The molecule has 0 aliphatic heterocycles. The van der Waals surface area contributed by atoms with E-state index in [-0.39, 0.29) is 0 Å². The minimum atomic E-state index is 0.589. The number of rotatable bonds is 5. The molecule has 2 aromatic carbocycles. The molecule has 0 radical (unpaired) electrons. The summed E-state index contributed by atoms with van der Waals surface area (Å²) < 4.78 is 7.39. The van der Waals surface area contributed by atoms with E-state index < -0.39 is 0 Å². The number of hydrogen-bond acceptors (Lipinski definition) is 2. The van der Waals surface area contributed by atoms with Crippen molar-refractivity contribution < 1.29 is 4.74 Å². The Morgan fingerprint density at radius 3 is 2.48 bits per heavy atom. The summed E-state index contributed by atoms with van der Waals surface area (Å²) >= 11 is 6.48. The van der Waals surface area contributed by atoms with Crippen LogP contribution in [0.5, 0.6) is 5.75 Å². The molecule has 0 N–H and O–H groups in total. The molecule has 4 heteroatoms. The second-order valence-corrected chi connectivity index (χ2v) is 6.97. The summed E-state index contributed by atoms with van der Waals surface area (Å²) in [5, 5.41) is 0.649. The lowest BCUT2D eigenvalue weighted by Gasteiger charge is -2.14. The molecule has 3 nitrogen and oxygen atoms in total. The molecule has 0 aliphatic rings. The van der Waals surface area contributed by atoms with Crippen molar-refractivity contribution >= 4 is 22.6 Å². The Kier molecular flexibility index (Phi) is 5.05. The predicted octanol–water partition coefficient (Wildman–Crippen LogP) is 6.11. The molecule has 0 atom stereocenters. The molecule has 0 saturated carbocycles. The third-order valence-corrected chi connectivity index (χ3v) is 5.39. The van der Waals surface area contributed by atoms with Crippen molar-refractivity contribution in [1.82, 2.24) is 9.55 Å². The normalized spacial score (nSPS) is 11.5. The van der Waals surface area contributed by atoms with Crippen LogP contribution in [0.2, 0.25) is 5.02 Å². The van der Waals surface area contributed by atoms with E-state index in [1.54, 1.807) is 7.11 Å². The summed E-state index contributed by atoms with van der Waals surface area (Å²) in [7, 11) is 3.70. The Labute approximate surface area is 154 Å². The maximum Gasteiger partial charge on any atom is 0.142 e. The number of halogens is 1. The molecule has 1 heterocycles. The number of aromatic nitrogens is 2. The molecule has 132 valence electrons. The Bertz CT molecular complexity index is 910. The highest BCUT2D eigenvalue weighted by molar-refractivity contribution is 6.33. The lowest BCUT2D eigenvalue weighted by molar-refractivity contribution is 0.415. The first-order chi connectivity index (χ1) is 12.0. The fraction of sp³-hybridized carbons (Fsp3) is 0.381. The van der Waals surface area contributed by atoms with Gasteiger partial charge in [-0.15, -0.1) is 0 Å². The standard InChI is InChI=1S/C21H25ClN2O/c1-6-14(7-2)15-10-13(3)20-19(11-15)24(4)21(23-20)17-9-8-16(25-5)12-18(17)22/h8-12,14H,6-7H2,1-5H3. The van der Waals surface area contributed by atoms with Crippen molar-refractivity contribution in [3.63, 3.8) is 0 Å². The number of methoxy groups -OCH3 is 1. The topological polar surface area (TPSA) is 27.1 Å². The summed E-state index contributed by atoms with van der Waals surface area (Å²) in [6.07, 6.45) is 2.30. The minimum absolute atomic E-state index is 0.589. The monoisotopic (exact) mass is 356 g/mol. The van der Waals surface area contributed by atoms with Gasteiger partial charge in [-0.05, 0) is 61.1 Å². The van der Waals surface area contributed by atoms with Gasteiger partial charge in [-0.3, -0.25) is 0 Å². The number of fused-ring (bicyclic) bond motifs is 1. The van der Waals surface area contributed by atoms with Crippen molar-refractivity contribution in [3.8, 4) is 17.1 Å². The van der Waals surface area contributed by atoms with Crippen molar-refractivity contribution in [1.29, 1.82) is 0 Å². The number of imidazole rings is 1. The largest absolute Gasteiger partial charge is 0.497 e. The average molecular weight is 357 g/mol. The summed E-state index contributed by atoms with van der Waals surface area (Å²) in [6, 6.07) is 10.3. The Balaban J connectivity index is 2.19. The van der Waals surface area contributed by atoms with Crippen LogP contribution < -0.4 is 4.74 Å². The Hall–Kier alpha value is -2.00. The van der Waals surface area contributed by atoms with Gasteiger partial charge >= 0.3 is 0 Å². The number of benzene rings is 2. The van der Waals surface area contributed by atoms with E-state index in [1.165, 1.54) is 11.1 Å². The van der Waals surface area contributed by atoms with Gasteiger partial charge in [0.25, 0.3) is 0 Å². The highest BCUT2D eigenvalue weighted by Crippen LogP contribution is 2.35. The van der Waals surface area contributed by atoms with Gasteiger partial charge in [0, 0.05) is 12.6 Å². The van der Waals surface area contributed by atoms with E-state index in [0.29, 0.717) is 10.9 Å². The lowest BCUT2D eigenvalue weighted by atomic mass is 9.92. The minimum Gasteiger partial charge on any atom is -0.497 e. The summed E-state index contributed by atoms with van der Waals surface area (Å²) in [4.78, 5) is 4.89. The molecule has 25 heavy (non-hydrogen) atoms. The van der Waals surface area contributed by atoms with Crippen LogP contribution >= 0.6 is 11.6 Å². The molecular formula is C21H25ClN2O. The first-order valence-corrected chi connectivity index (χ1v) is 9.18. The molecular weight excluding hydrogens is 332 g/mol. The van der Waals surface area contributed by atoms with E-state index in [9.17, 15) is 0 Å². The number of aryl methyl sites for hydroxylation is 2. The van der Waals surface area contributed by atoms with E-state index in [0.717, 1.165) is 41.0 Å². The lowest BCUT2D eigenvalue weighted by Crippen LogP contribution is -1.98. The van der Waals surface area contributed by atoms with E-state index in [4.69, 9.17) is 21.3 Å². The second kappa shape index (κ2) is 7.09. The summed E-state index contributed by atoms with van der Waals surface area (Å²) in [5.74, 6) is 2.22. The van der Waals surface area contributed by atoms with E-state index in [1.807, 2.05) is 18.2 Å². The first kappa shape index (κ1) is 17.8. The molecule has 0 spiro atoms. The molecule has 3 rings (SSSR count). The number of nitrogens with zero attached hydrogens (tertiary/aromatic N) is 2. The van der Waals surface area contributed by atoms with Gasteiger partial charge in [-0.2, -0.15) is 0 Å². The van der Waals surface area contributed by atoms with Crippen molar-refractivity contribution in [2.45, 2.75) is 39.5 Å². The Morgan fingerprint density at radius 2 is 1.88 bits per heavy atom. The first-order valence-electron chi connectivity index (χ1n) is 8.81. The molecule has 0 amide bonds. The van der Waals surface area contributed by atoms with Crippen LogP contribution in [0.3, 0.4) is 0 Å². The zero-order valence-corrected chi connectivity index (χ0v) is 16.3. The van der Waals surface area contributed by atoms with Crippen LogP contribution in [0.4, 0.5) is 0 Å². The van der Waals surface area contributed by atoms with Crippen LogP contribution in [0, 0.1) is 6.92 Å². The molecule has 0 aliphatic carbocycles. The quantitative estimate of drug-likeness (QED) is 0.551. The van der Waals surface area contributed by atoms with Gasteiger partial charge in [0.2, 0.25) is 0 Å². The summed E-state index contributed by atoms with van der Waals surface area (Å²) in [5.41, 5.74) is 5.73. The Morgan fingerprint density at radius 1 is 1.16 bits per heavy atom. The van der Waals surface area contributed by atoms with Gasteiger partial charge in [0.15, 0.2) is 0 Å². The number of hydrogen-bond donors (Lipinski definition) is 0. The third-order valence-electron chi connectivity index (χ3n) is 5.07. The molecule has 0 saturated heterocycles. The van der Waals surface area contributed by atoms with Crippen LogP contribution in [-0.2, 0) is 7.05 Å². The van der Waals surface area contributed by atoms with Crippen molar-refractivity contribution in [2.24, 2.45) is 7.05 Å². The third kappa shape index (κ3) is 3.13. The van der Waals surface area contributed by atoms with Crippen LogP contribution in [0.15, 0.2) is 30.3 Å². The van der Waals surface area contributed by atoms with Crippen molar-refractivity contribution in [3.05, 3.63) is 46.5 Å². The SMILES string of the molecule is CCC(CC)c1cc(C)c2nc(-c3ccc(OC)cc3Cl)n(C)c2c1. The van der Waals surface area contributed by atoms with E-state index >= 15 is 0 Å². The fourth-order valence-electron chi connectivity index (χ4n) is 3.53. The maximum absolute atomic E-state index is 6.48. The molecule has 3 aromatic rings. The molecule has 0 unspecified atom stereocenters. The van der Waals surface area contributed by atoms with Gasteiger partial charge in [-0.25, -0.2) is 4.98 Å². The fourth-order valence-corrected chi connectivity index (χ4v) is 3.78. The van der Waals surface area contributed by atoms with E-state index in [2.05, 4.69) is 44.5 Å². The number of ether oxygens (including phenoxy) is 1. The highest BCUT2D eigenvalue weighted by Gasteiger charge is 2.17. The van der Waals surface area contributed by atoms with Crippen molar-refractivity contribution in [2.75, 3.05) is 7.11 Å². The predicted molar refractivity (Wildman–Crippen MR) is 106 cm³/mol. The second-order valence-electron chi connectivity index (χ2n) is 6.56. The van der Waals surface area contributed by atoms with Crippen LogP contribution in [0.1, 0.15) is 43.7 Å². The molecule has 0 fully saturated rings. The average Bonchev–Trinajstić information content (AvgIpc) is 2.93. The van der Waals surface area contributed by atoms with Gasteiger partial charge in [-0.1, -0.05) is 31.5 Å². The van der Waals surface area contributed by atoms with Gasteiger partial charge in [0.1, 0.15) is 11.6 Å². The smallest absolute Gasteiger partial charge is 0.142 e. The molecule has 1 aromatic heterocycles. The van der Waals surface area contributed by atoms with Gasteiger partial charge < -0.3 is 9.30 Å². The molecule has 0 bridgehead atoms.